The highest BCUT2D eigenvalue weighted by molar-refractivity contribution is 5.96. The molecule has 8 nitrogen and oxygen atoms in total. The Morgan fingerprint density at radius 3 is 2.58 bits per heavy atom. The molecule has 0 bridgehead atoms. The Morgan fingerprint density at radius 1 is 1.15 bits per heavy atom. The molecule has 0 radical (unpaired) electrons. The summed E-state index contributed by atoms with van der Waals surface area (Å²) in [6.07, 6.45) is 8.58. The topological polar surface area (TPSA) is 117 Å². The number of hydrogen-bond acceptors (Lipinski definition) is 4. The van der Waals surface area contributed by atoms with Gasteiger partial charge in [-0.1, -0.05) is 25.3 Å². The average molecular weight is 454 g/mol. The van der Waals surface area contributed by atoms with Crippen LogP contribution in [0.1, 0.15) is 56.1 Å². The largest absolute Gasteiger partial charge is 0.357 e. The first-order chi connectivity index (χ1) is 15.9. The van der Waals surface area contributed by atoms with Gasteiger partial charge in [0.25, 0.3) is 0 Å². The number of benzene rings is 1. The van der Waals surface area contributed by atoms with Crippen LogP contribution in [0.5, 0.6) is 0 Å². The maximum Gasteiger partial charge on any atom is 0.318 e. The SMILES string of the molecule is CNC(=O)C1(N2CC3(CC3)CNC2=O)Cc2ccc(NC(=O)[C@@H](N)C3CCCCC3)cc2C1. The van der Waals surface area contributed by atoms with Crippen molar-refractivity contribution < 1.29 is 14.4 Å². The zero-order valence-corrected chi connectivity index (χ0v) is 19.4. The van der Waals surface area contributed by atoms with Crippen molar-refractivity contribution in [3.8, 4) is 0 Å². The van der Waals surface area contributed by atoms with Gasteiger partial charge in [0.2, 0.25) is 11.8 Å². The number of urea groups is 1. The van der Waals surface area contributed by atoms with Crippen LogP contribution in [0.15, 0.2) is 18.2 Å². The van der Waals surface area contributed by atoms with Crippen molar-refractivity contribution in [3.63, 3.8) is 0 Å². The van der Waals surface area contributed by atoms with E-state index in [0.29, 0.717) is 31.6 Å². The molecule has 1 saturated heterocycles. The molecule has 3 aliphatic carbocycles. The summed E-state index contributed by atoms with van der Waals surface area (Å²) in [7, 11) is 1.63. The van der Waals surface area contributed by atoms with Gasteiger partial charge >= 0.3 is 6.03 Å². The predicted octanol–water partition coefficient (Wildman–Crippen LogP) is 1.92. The fourth-order valence-corrected chi connectivity index (χ4v) is 6.05. The third-order valence-electron chi connectivity index (χ3n) is 8.38. The van der Waals surface area contributed by atoms with E-state index in [1.54, 1.807) is 11.9 Å². The molecule has 1 spiro atoms. The second-order valence-corrected chi connectivity index (χ2v) is 10.6. The van der Waals surface area contributed by atoms with E-state index in [1.165, 1.54) is 6.42 Å². The smallest absolute Gasteiger partial charge is 0.318 e. The van der Waals surface area contributed by atoms with Crippen LogP contribution >= 0.6 is 0 Å². The third-order valence-corrected chi connectivity index (χ3v) is 8.38. The fourth-order valence-electron chi connectivity index (χ4n) is 6.05. The van der Waals surface area contributed by atoms with Gasteiger partial charge in [-0.25, -0.2) is 4.79 Å². The highest BCUT2D eigenvalue weighted by Crippen LogP contribution is 2.49. The lowest BCUT2D eigenvalue weighted by Crippen LogP contribution is -2.67. The second-order valence-electron chi connectivity index (χ2n) is 10.6. The normalized spacial score (nSPS) is 27.0. The van der Waals surface area contributed by atoms with Gasteiger partial charge in [-0.2, -0.15) is 0 Å². The van der Waals surface area contributed by atoms with Gasteiger partial charge in [0.1, 0.15) is 5.54 Å². The summed E-state index contributed by atoms with van der Waals surface area (Å²) in [5.74, 6) is -0.0543. The minimum Gasteiger partial charge on any atom is -0.357 e. The highest BCUT2D eigenvalue weighted by Gasteiger charge is 2.57. The molecule has 4 aliphatic rings. The molecule has 2 atom stereocenters. The summed E-state index contributed by atoms with van der Waals surface area (Å²) in [6, 6.07) is 5.12. The lowest BCUT2D eigenvalue weighted by Gasteiger charge is -2.44. The van der Waals surface area contributed by atoms with Crippen LogP contribution < -0.4 is 21.7 Å². The Morgan fingerprint density at radius 2 is 1.88 bits per heavy atom. The molecule has 1 heterocycles. The van der Waals surface area contributed by atoms with E-state index in [1.807, 2.05) is 18.2 Å². The van der Waals surface area contributed by atoms with Crippen LogP contribution in [-0.2, 0) is 22.4 Å². The number of amides is 4. The standard InChI is InChI=1S/C25H35N5O3/c1-27-22(32)25(30-15-24(9-10-24)14-28-23(30)33)12-17-7-8-19(11-18(17)13-25)29-21(31)20(26)16-5-3-2-4-6-16/h7-8,11,16,20H,2-6,9-10,12-15,26H2,1H3,(H,27,32)(H,28,33)(H,29,31)/t20-,25?/m0/s1. The summed E-state index contributed by atoms with van der Waals surface area (Å²) in [4.78, 5) is 40.6. The van der Waals surface area contributed by atoms with Crippen LogP contribution in [0, 0.1) is 11.3 Å². The Balaban J connectivity index is 1.35. The number of hydrogen-bond donors (Lipinski definition) is 4. The molecule has 3 fully saturated rings. The lowest BCUT2D eigenvalue weighted by atomic mass is 9.84. The number of fused-ring (bicyclic) bond motifs is 1. The third kappa shape index (κ3) is 3.98. The van der Waals surface area contributed by atoms with Crippen molar-refractivity contribution in [2.75, 3.05) is 25.5 Å². The maximum atomic E-state index is 13.2. The number of nitrogens with zero attached hydrogens (tertiary/aromatic N) is 1. The van der Waals surface area contributed by atoms with Gasteiger partial charge < -0.3 is 26.6 Å². The van der Waals surface area contributed by atoms with E-state index in [2.05, 4.69) is 16.0 Å². The Labute approximate surface area is 195 Å². The Bertz CT molecular complexity index is 969. The molecule has 33 heavy (non-hydrogen) atoms. The van der Waals surface area contributed by atoms with E-state index in [4.69, 9.17) is 5.73 Å². The molecule has 1 aromatic rings. The van der Waals surface area contributed by atoms with E-state index in [9.17, 15) is 14.4 Å². The van der Waals surface area contributed by atoms with Gasteiger partial charge in [0.05, 0.1) is 6.04 Å². The second kappa shape index (κ2) is 8.31. The number of nitrogens with one attached hydrogen (secondary N) is 3. The summed E-state index contributed by atoms with van der Waals surface area (Å²) in [5.41, 5.74) is 8.17. The summed E-state index contributed by atoms with van der Waals surface area (Å²) < 4.78 is 0. The van der Waals surface area contributed by atoms with Gasteiger partial charge in [-0.15, -0.1) is 0 Å². The van der Waals surface area contributed by atoms with Crippen molar-refractivity contribution >= 4 is 23.5 Å². The zero-order valence-electron chi connectivity index (χ0n) is 19.4. The number of carbonyl (C=O) groups excluding carboxylic acids is 3. The molecule has 2 saturated carbocycles. The monoisotopic (exact) mass is 453 g/mol. The number of rotatable bonds is 5. The van der Waals surface area contributed by atoms with E-state index in [-0.39, 0.29) is 29.2 Å². The molecule has 5 rings (SSSR count). The molecular weight excluding hydrogens is 418 g/mol. The minimum absolute atomic E-state index is 0.109. The molecule has 5 N–H and O–H groups in total. The van der Waals surface area contributed by atoms with Gasteiger partial charge in [-0.05, 0) is 54.9 Å². The lowest BCUT2D eigenvalue weighted by molar-refractivity contribution is -0.131. The zero-order chi connectivity index (χ0) is 23.2. The molecule has 4 amide bonds. The molecule has 8 heteroatoms. The van der Waals surface area contributed by atoms with Gasteiger partial charge in [0.15, 0.2) is 0 Å². The quantitative estimate of drug-likeness (QED) is 0.545. The highest BCUT2D eigenvalue weighted by atomic mass is 16.2. The summed E-state index contributed by atoms with van der Waals surface area (Å²) in [6.45, 7) is 1.30. The van der Waals surface area contributed by atoms with Crippen molar-refractivity contribution in [2.24, 2.45) is 17.1 Å². The van der Waals surface area contributed by atoms with Gasteiger partial charge in [-0.3, -0.25) is 9.59 Å². The molecule has 1 unspecified atom stereocenters. The van der Waals surface area contributed by atoms with Crippen molar-refractivity contribution in [1.82, 2.24) is 15.5 Å². The van der Waals surface area contributed by atoms with Crippen molar-refractivity contribution in [2.45, 2.75) is 69.4 Å². The van der Waals surface area contributed by atoms with Crippen molar-refractivity contribution in [3.05, 3.63) is 29.3 Å². The fraction of sp³-hybridized carbons (Fsp3) is 0.640. The first-order valence-electron chi connectivity index (χ1n) is 12.3. The van der Waals surface area contributed by atoms with E-state index >= 15 is 0 Å². The molecule has 0 aromatic heterocycles. The summed E-state index contributed by atoms with van der Waals surface area (Å²) >= 11 is 0. The molecule has 1 aromatic carbocycles. The number of carbonyl (C=O) groups is 3. The first kappa shape index (κ1) is 22.2. The Kier molecular flexibility index (Phi) is 5.59. The Hall–Kier alpha value is -2.61. The predicted molar refractivity (Wildman–Crippen MR) is 126 cm³/mol. The van der Waals surface area contributed by atoms with Crippen LogP contribution in [0.3, 0.4) is 0 Å². The number of likely N-dealkylation sites (N-methyl/N-ethyl adjacent to an activating group) is 1. The first-order valence-corrected chi connectivity index (χ1v) is 12.3. The molecule has 178 valence electrons. The summed E-state index contributed by atoms with van der Waals surface area (Å²) in [5, 5.41) is 8.80. The van der Waals surface area contributed by atoms with Crippen molar-refractivity contribution in [1.29, 1.82) is 0 Å². The average Bonchev–Trinajstić information content (AvgIpc) is 3.48. The van der Waals surface area contributed by atoms with E-state index < -0.39 is 11.6 Å². The minimum atomic E-state index is -0.946. The molecular formula is C25H35N5O3. The van der Waals surface area contributed by atoms with E-state index in [0.717, 1.165) is 49.7 Å². The number of nitrogens with two attached hydrogens (primary N) is 1. The van der Waals surface area contributed by atoms with Crippen LogP contribution in [0.2, 0.25) is 0 Å². The van der Waals surface area contributed by atoms with Gasteiger partial charge in [0, 0.05) is 44.1 Å². The van der Waals surface area contributed by atoms with Crippen LogP contribution in [0.25, 0.3) is 0 Å². The van der Waals surface area contributed by atoms with Crippen LogP contribution in [-0.4, -0.2) is 54.5 Å². The molecule has 1 aliphatic heterocycles. The maximum absolute atomic E-state index is 13.2. The number of anilines is 1. The van der Waals surface area contributed by atoms with Crippen LogP contribution in [0.4, 0.5) is 10.5 Å².